The molecule has 0 amide bonds. The molecular formula is C11H22N6O3. The molecule has 9 nitrogen and oxygen atoms in total. The number of hydrogen-bond donors (Lipinski definition) is 2. The number of hydrogen-bond acceptors (Lipinski definition) is 9. The predicted molar refractivity (Wildman–Crippen MR) is 75.8 cm³/mol. The first kappa shape index (κ1) is 18.0. The van der Waals surface area contributed by atoms with Crippen molar-refractivity contribution in [2.45, 2.75) is 13.8 Å². The molecule has 0 aliphatic heterocycles. The molecule has 0 aliphatic rings. The molecular weight excluding hydrogens is 264 g/mol. The van der Waals surface area contributed by atoms with Crippen LogP contribution in [0.2, 0.25) is 0 Å². The van der Waals surface area contributed by atoms with Crippen molar-refractivity contribution >= 4 is 24.6 Å². The number of ether oxygens (including phenoxy) is 2. The Balaban J connectivity index is 0.00000172. The van der Waals surface area contributed by atoms with E-state index in [4.69, 9.17) is 25.7 Å². The number of aromatic nitrogens is 3. The SMILES string of the molecule is C=O.COCN(COCC(C)C)c1nc(N)nc(N)n1. The van der Waals surface area contributed by atoms with Gasteiger partial charge in [-0.3, -0.25) is 4.90 Å². The van der Waals surface area contributed by atoms with Crippen molar-refractivity contribution in [1.82, 2.24) is 15.0 Å². The van der Waals surface area contributed by atoms with Gasteiger partial charge >= 0.3 is 0 Å². The Morgan fingerprint density at radius 2 is 1.70 bits per heavy atom. The van der Waals surface area contributed by atoms with Gasteiger partial charge in [0, 0.05) is 7.11 Å². The van der Waals surface area contributed by atoms with Gasteiger partial charge in [0.25, 0.3) is 0 Å². The highest BCUT2D eigenvalue weighted by atomic mass is 16.5. The van der Waals surface area contributed by atoms with E-state index in [0.717, 1.165) is 0 Å². The van der Waals surface area contributed by atoms with Gasteiger partial charge in [-0.25, -0.2) is 0 Å². The second-order valence-electron chi connectivity index (χ2n) is 4.20. The lowest BCUT2D eigenvalue weighted by Crippen LogP contribution is -2.31. The summed E-state index contributed by atoms with van der Waals surface area (Å²) < 4.78 is 10.6. The summed E-state index contributed by atoms with van der Waals surface area (Å²) in [6, 6.07) is 0. The Labute approximate surface area is 118 Å². The van der Waals surface area contributed by atoms with Crippen LogP contribution in [0.25, 0.3) is 0 Å². The van der Waals surface area contributed by atoms with Crippen LogP contribution in [0, 0.1) is 5.92 Å². The molecule has 20 heavy (non-hydrogen) atoms. The second kappa shape index (κ2) is 9.87. The maximum Gasteiger partial charge on any atom is 0.235 e. The smallest absolute Gasteiger partial charge is 0.235 e. The Bertz CT molecular complexity index is 370. The van der Waals surface area contributed by atoms with Gasteiger partial charge in [0.1, 0.15) is 20.3 Å². The number of methoxy groups -OCH3 is 1. The fourth-order valence-electron chi connectivity index (χ4n) is 1.25. The Hall–Kier alpha value is -2.00. The molecule has 4 N–H and O–H groups in total. The second-order valence-corrected chi connectivity index (χ2v) is 4.20. The van der Waals surface area contributed by atoms with Crippen LogP contribution in [0.3, 0.4) is 0 Å². The number of carbonyl (C=O) groups is 1. The Kier molecular flexibility index (Phi) is 8.88. The number of nitrogen functional groups attached to an aromatic ring is 2. The molecule has 114 valence electrons. The van der Waals surface area contributed by atoms with Crippen molar-refractivity contribution in [2.75, 3.05) is 43.5 Å². The Morgan fingerprint density at radius 3 is 2.15 bits per heavy atom. The van der Waals surface area contributed by atoms with Crippen LogP contribution in [-0.2, 0) is 14.3 Å². The van der Waals surface area contributed by atoms with Crippen molar-refractivity contribution in [3.63, 3.8) is 0 Å². The summed E-state index contributed by atoms with van der Waals surface area (Å²) in [4.78, 5) is 21.4. The number of nitrogens with zero attached hydrogens (tertiary/aromatic N) is 4. The van der Waals surface area contributed by atoms with Crippen LogP contribution >= 0.6 is 0 Å². The van der Waals surface area contributed by atoms with E-state index >= 15 is 0 Å². The molecule has 0 saturated carbocycles. The molecule has 0 aliphatic carbocycles. The molecule has 0 fully saturated rings. The minimum absolute atomic E-state index is 0.0717. The van der Waals surface area contributed by atoms with E-state index in [1.165, 1.54) is 0 Å². The fraction of sp³-hybridized carbons (Fsp3) is 0.636. The summed E-state index contributed by atoms with van der Waals surface area (Å²) in [5, 5.41) is 0. The van der Waals surface area contributed by atoms with Crippen LogP contribution in [0.15, 0.2) is 0 Å². The van der Waals surface area contributed by atoms with Crippen LogP contribution in [0.1, 0.15) is 13.8 Å². The molecule has 1 rings (SSSR count). The van der Waals surface area contributed by atoms with Crippen LogP contribution in [0.4, 0.5) is 17.8 Å². The summed E-state index contributed by atoms with van der Waals surface area (Å²) in [5.74, 6) is 0.929. The molecule has 0 aromatic carbocycles. The van der Waals surface area contributed by atoms with Crippen molar-refractivity contribution in [3.05, 3.63) is 0 Å². The number of nitrogens with two attached hydrogens (primary N) is 2. The van der Waals surface area contributed by atoms with E-state index in [1.54, 1.807) is 12.0 Å². The number of rotatable bonds is 7. The van der Waals surface area contributed by atoms with Crippen molar-refractivity contribution in [1.29, 1.82) is 0 Å². The van der Waals surface area contributed by atoms with Crippen molar-refractivity contribution < 1.29 is 14.3 Å². The highest BCUT2D eigenvalue weighted by Gasteiger charge is 2.12. The summed E-state index contributed by atoms with van der Waals surface area (Å²) >= 11 is 0. The quantitative estimate of drug-likeness (QED) is 0.659. The zero-order valence-corrected chi connectivity index (χ0v) is 12.1. The summed E-state index contributed by atoms with van der Waals surface area (Å²) in [6.07, 6.45) is 0. The van der Waals surface area contributed by atoms with Gasteiger partial charge in [-0.05, 0) is 5.92 Å². The molecule has 1 heterocycles. The average Bonchev–Trinajstić information content (AvgIpc) is 2.38. The van der Waals surface area contributed by atoms with E-state index < -0.39 is 0 Å². The van der Waals surface area contributed by atoms with E-state index in [1.807, 2.05) is 6.79 Å². The van der Waals surface area contributed by atoms with Crippen molar-refractivity contribution in [3.8, 4) is 0 Å². The van der Waals surface area contributed by atoms with Gasteiger partial charge in [-0.15, -0.1) is 0 Å². The molecule has 9 heteroatoms. The topological polar surface area (TPSA) is 129 Å². The monoisotopic (exact) mass is 286 g/mol. The third-order valence-corrected chi connectivity index (χ3v) is 1.92. The summed E-state index contributed by atoms with van der Waals surface area (Å²) in [7, 11) is 1.57. The van der Waals surface area contributed by atoms with Gasteiger partial charge in [0.15, 0.2) is 0 Å². The molecule has 1 aromatic rings. The molecule has 0 spiro atoms. The summed E-state index contributed by atoms with van der Waals surface area (Å²) in [6.45, 7) is 7.35. The molecule has 1 aromatic heterocycles. The van der Waals surface area contributed by atoms with Gasteiger partial charge in [-0.1, -0.05) is 13.8 Å². The number of anilines is 3. The van der Waals surface area contributed by atoms with Gasteiger partial charge < -0.3 is 25.7 Å². The normalized spacial score (nSPS) is 10.0. The first-order valence-electron chi connectivity index (χ1n) is 5.90. The van der Waals surface area contributed by atoms with Crippen LogP contribution in [-0.4, -0.2) is 48.9 Å². The van der Waals surface area contributed by atoms with Gasteiger partial charge in [0.2, 0.25) is 17.8 Å². The molecule has 0 atom stereocenters. The first-order valence-corrected chi connectivity index (χ1v) is 5.90. The molecule has 0 bridgehead atoms. The lowest BCUT2D eigenvalue weighted by atomic mass is 10.2. The molecule has 0 unspecified atom stereocenters. The maximum absolute atomic E-state index is 8.00. The van der Waals surface area contributed by atoms with Crippen LogP contribution in [0.5, 0.6) is 0 Å². The zero-order chi connectivity index (χ0) is 15.5. The highest BCUT2D eigenvalue weighted by molar-refractivity contribution is 5.38. The van der Waals surface area contributed by atoms with Gasteiger partial charge in [0.05, 0.1) is 6.61 Å². The van der Waals surface area contributed by atoms with Crippen molar-refractivity contribution in [2.24, 2.45) is 5.92 Å². The minimum Gasteiger partial charge on any atom is -0.368 e. The standard InChI is InChI=1S/C10H20N6O2.CH2O/c1-7(2)4-18-6-16(5-17-3)10-14-8(11)13-9(12)15-10;1-2/h7H,4-6H2,1-3H3,(H4,11,12,13,14,15);1H2. The van der Waals surface area contributed by atoms with E-state index in [9.17, 15) is 0 Å². The highest BCUT2D eigenvalue weighted by Crippen LogP contribution is 2.10. The largest absolute Gasteiger partial charge is 0.368 e. The number of carbonyl (C=O) groups excluding carboxylic acids is 1. The average molecular weight is 286 g/mol. The summed E-state index contributed by atoms with van der Waals surface area (Å²) in [5.41, 5.74) is 11.0. The molecule has 0 saturated heterocycles. The van der Waals surface area contributed by atoms with E-state index in [-0.39, 0.29) is 18.6 Å². The maximum atomic E-state index is 8.00. The Morgan fingerprint density at radius 1 is 1.15 bits per heavy atom. The fourth-order valence-corrected chi connectivity index (χ4v) is 1.25. The third kappa shape index (κ3) is 6.81. The zero-order valence-electron chi connectivity index (χ0n) is 12.1. The first-order chi connectivity index (χ1) is 9.52. The lowest BCUT2D eigenvalue weighted by molar-refractivity contribution is -0.0979. The minimum atomic E-state index is 0.0717. The van der Waals surface area contributed by atoms with E-state index in [2.05, 4.69) is 28.8 Å². The lowest BCUT2D eigenvalue weighted by Gasteiger charge is -2.22. The third-order valence-electron chi connectivity index (χ3n) is 1.92. The van der Waals surface area contributed by atoms with Gasteiger partial charge in [-0.2, -0.15) is 15.0 Å². The van der Waals surface area contributed by atoms with Crippen LogP contribution < -0.4 is 16.4 Å². The van der Waals surface area contributed by atoms with E-state index in [0.29, 0.717) is 25.2 Å². The predicted octanol–water partition coefficient (Wildman–Crippen LogP) is -0.108. The molecule has 0 radical (unpaired) electrons.